The minimum Gasteiger partial charge on any atom is -0.452 e. The van der Waals surface area contributed by atoms with Crippen LogP contribution in [0.5, 0.6) is 0 Å². The van der Waals surface area contributed by atoms with Crippen molar-refractivity contribution in [3.63, 3.8) is 0 Å². The fraction of sp³-hybridized carbons (Fsp3) is 0.304. The van der Waals surface area contributed by atoms with E-state index in [4.69, 9.17) is 4.74 Å². The summed E-state index contributed by atoms with van der Waals surface area (Å²) in [6.45, 7) is 10.1. The molecule has 0 aliphatic heterocycles. The molecule has 0 spiro atoms. The molecule has 0 amide bonds. The van der Waals surface area contributed by atoms with Crippen molar-refractivity contribution in [2.75, 3.05) is 7.11 Å². The Morgan fingerprint density at radius 2 is 1.71 bits per heavy atom. The van der Waals surface area contributed by atoms with Crippen LogP contribution < -0.4 is 0 Å². The maximum absolute atomic E-state index is 13.4. The Hall–Kier alpha value is -2.95. The minimum atomic E-state index is -0.482. The standard InChI is InChI=1S/C21H21FN2O2.C2H6/c1-21(2,3)18-12-17(15-6-5-11-23-13-15)19(24(18)20(25)26-4)14-7-9-16(22)10-8-14;1-2/h5-13H,1-4H3;1-2H3. The van der Waals surface area contributed by atoms with Crippen LogP contribution in [0.25, 0.3) is 22.4 Å². The van der Waals surface area contributed by atoms with Gasteiger partial charge in [0.1, 0.15) is 5.82 Å². The lowest BCUT2D eigenvalue weighted by Gasteiger charge is -2.21. The van der Waals surface area contributed by atoms with E-state index >= 15 is 0 Å². The van der Waals surface area contributed by atoms with Crippen LogP contribution in [0.4, 0.5) is 9.18 Å². The van der Waals surface area contributed by atoms with E-state index in [0.29, 0.717) is 5.69 Å². The molecule has 0 N–H and O–H groups in total. The Bertz CT molecular complexity index is 924. The van der Waals surface area contributed by atoms with Gasteiger partial charge >= 0.3 is 6.09 Å². The van der Waals surface area contributed by atoms with Crippen LogP contribution in [0.1, 0.15) is 40.3 Å². The number of aromatic nitrogens is 2. The quantitative estimate of drug-likeness (QED) is 0.523. The molecule has 28 heavy (non-hydrogen) atoms. The first-order valence-corrected chi connectivity index (χ1v) is 9.34. The summed E-state index contributed by atoms with van der Waals surface area (Å²) in [7, 11) is 1.35. The third-order valence-corrected chi connectivity index (χ3v) is 4.22. The largest absolute Gasteiger partial charge is 0.452 e. The number of benzene rings is 1. The number of carbonyl (C=O) groups excluding carboxylic acids is 1. The Balaban J connectivity index is 0.00000136. The summed E-state index contributed by atoms with van der Waals surface area (Å²) in [6, 6.07) is 11.8. The predicted octanol–water partition coefficient (Wildman–Crippen LogP) is 6.29. The summed E-state index contributed by atoms with van der Waals surface area (Å²) >= 11 is 0. The van der Waals surface area contributed by atoms with Gasteiger partial charge in [-0.1, -0.05) is 40.7 Å². The minimum absolute atomic E-state index is 0.302. The molecule has 0 saturated carbocycles. The van der Waals surface area contributed by atoms with Crippen molar-refractivity contribution in [1.82, 2.24) is 9.55 Å². The molecule has 0 unspecified atom stereocenters. The first kappa shape index (κ1) is 21.4. The first-order chi connectivity index (χ1) is 13.3. The number of methoxy groups -OCH3 is 1. The third-order valence-electron chi connectivity index (χ3n) is 4.22. The summed E-state index contributed by atoms with van der Waals surface area (Å²) in [5.41, 5.74) is 3.62. The number of ether oxygens (including phenoxy) is 1. The summed E-state index contributed by atoms with van der Waals surface area (Å²) in [5.74, 6) is -0.330. The normalized spacial score (nSPS) is 10.8. The molecule has 2 heterocycles. The first-order valence-electron chi connectivity index (χ1n) is 9.34. The second-order valence-corrected chi connectivity index (χ2v) is 7.10. The van der Waals surface area contributed by atoms with Crippen LogP contribution in [0.15, 0.2) is 54.9 Å². The van der Waals surface area contributed by atoms with E-state index in [1.807, 2.05) is 52.8 Å². The molecular formula is C23H27FN2O2. The molecule has 0 bridgehead atoms. The van der Waals surface area contributed by atoms with Gasteiger partial charge in [0, 0.05) is 34.6 Å². The number of carbonyl (C=O) groups is 1. The molecular weight excluding hydrogens is 355 g/mol. The lowest BCUT2D eigenvalue weighted by atomic mass is 9.91. The van der Waals surface area contributed by atoms with Crippen LogP contribution in [0.2, 0.25) is 0 Å². The average molecular weight is 382 g/mol. The highest BCUT2D eigenvalue weighted by Gasteiger charge is 2.29. The van der Waals surface area contributed by atoms with Gasteiger partial charge in [-0.2, -0.15) is 0 Å². The zero-order valence-corrected chi connectivity index (χ0v) is 17.3. The SMILES string of the molecule is CC.COC(=O)n1c(C(C)(C)C)cc(-c2cccnc2)c1-c1ccc(F)cc1. The Labute approximate surface area is 166 Å². The summed E-state index contributed by atoms with van der Waals surface area (Å²) in [6.07, 6.45) is 2.96. The van der Waals surface area contributed by atoms with Crippen molar-refractivity contribution in [1.29, 1.82) is 0 Å². The van der Waals surface area contributed by atoms with Crippen LogP contribution in [0, 0.1) is 5.82 Å². The number of hydrogen-bond donors (Lipinski definition) is 0. The van der Waals surface area contributed by atoms with Gasteiger partial charge in [0.2, 0.25) is 0 Å². The van der Waals surface area contributed by atoms with Crippen LogP contribution >= 0.6 is 0 Å². The van der Waals surface area contributed by atoms with Crippen molar-refractivity contribution < 1.29 is 13.9 Å². The van der Waals surface area contributed by atoms with Crippen LogP contribution in [-0.2, 0) is 10.2 Å². The number of halogens is 1. The molecule has 3 rings (SSSR count). The second-order valence-electron chi connectivity index (χ2n) is 7.10. The number of nitrogens with zero attached hydrogens (tertiary/aromatic N) is 2. The third kappa shape index (κ3) is 4.30. The second kappa shape index (κ2) is 8.83. The number of hydrogen-bond acceptors (Lipinski definition) is 3. The maximum Gasteiger partial charge on any atom is 0.418 e. The molecule has 0 aliphatic carbocycles. The summed E-state index contributed by atoms with van der Waals surface area (Å²) < 4.78 is 20.0. The molecule has 0 aliphatic rings. The predicted molar refractivity (Wildman–Crippen MR) is 111 cm³/mol. The van der Waals surface area contributed by atoms with E-state index in [2.05, 4.69) is 4.98 Å². The zero-order chi connectivity index (χ0) is 20.9. The van der Waals surface area contributed by atoms with Crippen molar-refractivity contribution >= 4 is 6.09 Å². The van der Waals surface area contributed by atoms with Gasteiger partial charge in [-0.15, -0.1) is 0 Å². The van der Waals surface area contributed by atoms with E-state index < -0.39 is 6.09 Å². The smallest absolute Gasteiger partial charge is 0.418 e. The van der Waals surface area contributed by atoms with E-state index in [1.165, 1.54) is 19.2 Å². The van der Waals surface area contributed by atoms with E-state index in [-0.39, 0.29) is 11.2 Å². The maximum atomic E-state index is 13.4. The molecule has 3 aromatic rings. The van der Waals surface area contributed by atoms with Gasteiger partial charge in [0.05, 0.1) is 12.8 Å². The lowest BCUT2D eigenvalue weighted by Crippen LogP contribution is -2.23. The Kier molecular flexibility index (Phi) is 6.73. The van der Waals surface area contributed by atoms with Crippen LogP contribution in [0.3, 0.4) is 0 Å². The molecule has 148 valence electrons. The molecule has 0 fully saturated rings. The fourth-order valence-electron chi connectivity index (χ4n) is 2.98. The Morgan fingerprint density at radius 3 is 2.21 bits per heavy atom. The van der Waals surface area contributed by atoms with Gasteiger partial charge in [-0.05, 0) is 42.0 Å². The van der Waals surface area contributed by atoms with E-state index in [1.54, 1.807) is 29.1 Å². The van der Waals surface area contributed by atoms with Crippen LogP contribution in [-0.4, -0.2) is 22.8 Å². The fourth-order valence-corrected chi connectivity index (χ4v) is 2.98. The highest BCUT2D eigenvalue weighted by Crippen LogP contribution is 2.39. The van der Waals surface area contributed by atoms with Gasteiger partial charge in [-0.3, -0.25) is 4.98 Å². The number of rotatable bonds is 2. The molecule has 0 atom stereocenters. The van der Waals surface area contributed by atoms with E-state index in [9.17, 15) is 9.18 Å². The topological polar surface area (TPSA) is 44.1 Å². The van der Waals surface area contributed by atoms with Gasteiger partial charge in [0.25, 0.3) is 0 Å². The lowest BCUT2D eigenvalue weighted by molar-refractivity contribution is 0.171. The molecule has 0 saturated heterocycles. The molecule has 4 nitrogen and oxygen atoms in total. The van der Waals surface area contributed by atoms with Crippen molar-refractivity contribution in [2.45, 2.75) is 40.0 Å². The average Bonchev–Trinajstić information content (AvgIpc) is 3.11. The molecule has 2 aromatic heterocycles. The van der Waals surface area contributed by atoms with Gasteiger partial charge in [0.15, 0.2) is 0 Å². The Morgan fingerprint density at radius 1 is 1.07 bits per heavy atom. The molecule has 0 radical (unpaired) electrons. The summed E-state index contributed by atoms with van der Waals surface area (Å²) in [4.78, 5) is 16.8. The van der Waals surface area contributed by atoms with E-state index in [0.717, 1.165) is 22.4 Å². The molecule has 5 heteroatoms. The highest BCUT2D eigenvalue weighted by molar-refractivity contribution is 5.90. The highest BCUT2D eigenvalue weighted by atomic mass is 19.1. The van der Waals surface area contributed by atoms with Gasteiger partial charge in [-0.25, -0.2) is 13.8 Å². The van der Waals surface area contributed by atoms with Crippen molar-refractivity contribution in [3.05, 3.63) is 66.4 Å². The summed E-state index contributed by atoms with van der Waals surface area (Å²) in [5, 5.41) is 0. The molecule has 1 aromatic carbocycles. The zero-order valence-electron chi connectivity index (χ0n) is 17.3. The van der Waals surface area contributed by atoms with Crippen molar-refractivity contribution in [3.8, 4) is 22.4 Å². The van der Waals surface area contributed by atoms with Gasteiger partial charge < -0.3 is 4.74 Å². The van der Waals surface area contributed by atoms with Crippen molar-refractivity contribution in [2.24, 2.45) is 0 Å². The monoisotopic (exact) mass is 382 g/mol. The number of pyridine rings is 1.